The van der Waals surface area contributed by atoms with E-state index in [4.69, 9.17) is 0 Å². The molecule has 0 spiro atoms. The third-order valence-electron chi connectivity index (χ3n) is 2.30. The van der Waals surface area contributed by atoms with Gasteiger partial charge in [0.05, 0.1) is 22.2 Å². The number of carbonyl (C=O) groups excluding carboxylic acids is 1. The third kappa shape index (κ3) is 1.69. The zero-order valence-electron chi connectivity index (χ0n) is 8.74. The number of hydrogen-bond acceptors (Lipinski definition) is 3. The van der Waals surface area contributed by atoms with Crippen molar-refractivity contribution in [3.8, 4) is 0 Å². The van der Waals surface area contributed by atoms with E-state index in [1.54, 1.807) is 11.7 Å². The van der Waals surface area contributed by atoms with Crippen molar-refractivity contribution in [1.29, 1.82) is 0 Å². The molecule has 0 aromatic carbocycles. The highest BCUT2D eigenvalue weighted by molar-refractivity contribution is 7.86. The first-order valence-corrected chi connectivity index (χ1v) is 6.19. The Morgan fingerprint density at radius 1 is 1.60 bits per heavy atom. The van der Waals surface area contributed by atoms with E-state index in [-0.39, 0.29) is 11.7 Å². The average Bonchev–Trinajstić information content (AvgIpc) is 2.43. The predicted octanol–water partition coefficient (Wildman–Crippen LogP) is 0.432. The molecule has 82 valence electrons. The number of nitrogens with one attached hydrogen (secondary N) is 1. The third-order valence-corrected chi connectivity index (χ3v) is 3.72. The van der Waals surface area contributed by atoms with Crippen LogP contribution in [0.2, 0.25) is 0 Å². The molecule has 15 heavy (non-hydrogen) atoms. The minimum Gasteiger partial charge on any atom is -0.321 e. The second-order valence-electron chi connectivity index (χ2n) is 3.54. The van der Waals surface area contributed by atoms with E-state index in [1.807, 2.05) is 6.92 Å². The lowest BCUT2D eigenvalue weighted by Crippen LogP contribution is -2.26. The average molecular weight is 227 g/mol. The van der Waals surface area contributed by atoms with Crippen LogP contribution >= 0.6 is 0 Å². The number of anilines is 1. The summed E-state index contributed by atoms with van der Waals surface area (Å²) in [6.07, 6.45) is 1.74. The number of aromatic nitrogens is 2. The minimum absolute atomic E-state index is 0.0398. The molecule has 1 atom stereocenters. The van der Waals surface area contributed by atoms with Gasteiger partial charge in [0.2, 0.25) is 5.91 Å². The van der Waals surface area contributed by atoms with Crippen LogP contribution in [-0.2, 0) is 29.1 Å². The van der Waals surface area contributed by atoms with Crippen LogP contribution in [0.4, 0.5) is 5.69 Å². The first-order chi connectivity index (χ1) is 7.13. The maximum absolute atomic E-state index is 11.7. The van der Waals surface area contributed by atoms with Crippen LogP contribution < -0.4 is 5.32 Å². The van der Waals surface area contributed by atoms with Crippen LogP contribution in [0.1, 0.15) is 19.0 Å². The molecule has 1 aromatic rings. The summed E-state index contributed by atoms with van der Waals surface area (Å²) in [7, 11) is 0.506. The molecule has 2 heterocycles. The van der Waals surface area contributed by atoms with Gasteiger partial charge in [-0.05, 0) is 6.42 Å². The van der Waals surface area contributed by atoms with Crippen molar-refractivity contribution >= 4 is 22.4 Å². The van der Waals surface area contributed by atoms with Gasteiger partial charge in [-0.2, -0.15) is 5.10 Å². The fourth-order valence-corrected chi connectivity index (χ4v) is 2.90. The fourth-order valence-electron chi connectivity index (χ4n) is 1.72. The molecule has 0 bridgehead atoms. The molecule has 0 fully saturated rings. The zero-order chi connectivity index (χ0) is 11.0. The van der Waals surface area contributed by atoms with E-state index < -0.39 is 10.8 Å². The van der Waals surface area contributed by atoms with E-state index in [9.17, 15) is 9.00 Å². The number of fused-ring (bicyclic) bond motifs is 1. The van der Waals surface area contributed by atoms with Crippen LogP contribution in [-0.4, -0.2) is 25.6 Å². The van der Waals surface area contributed by atoms with Gasteiger partial charge in [0, 0.05) is 7.05 Å². The lowest BCUT2D eigenvalue weighted by Gasteiger charge is -2.13. The summed E-state index contributed by atoms with van der Waals surface area (Å²) in [5.74, 6) is -0.149. The van der Waals surface area contributed by atoms with Crippen molar-refractivity contribution in [2.75, 3.05) is 11.1 Å². The van der Waals surface area contributed by atoms with Gasteiger partial charge in [-0.3, -0.25) is 13.7 Å². The van der Waals surface area contributed by atoms with Crippen molar-refractivity contribution in [3.63, 3.8) is 0 Å². The van der Waals surface area contributed by atoms with Gasteiger partial charge in [-0.1, -0.05) is 13.3 Å². The Morgan fingerprint density at radius 3 is 3.00 bits per heavy atom. The molecule has 1 aliphatic heterocycles. The molecule has 0 aliphatic carbocycles. The Balaban J connectivity index is 2.51. The number of rotatable bonds is 2. The predicted molar refractivity (Wildman–Crippen MR) is 57.1 cm³/mol. The van der Waals surface area contributed by atoms with Crippen LogP contribution in [0, 0.1) is 0 Å². The molecular formula is C9H13N3O2S. The largest absolute Gasteiger partial charge is 0.321 e. The normalized spacial score (nSPS) is 19.9. The molecule has 1 unspecified atom stereocenters. The molecule has 6 heteroatoms. The molecule has 0 radical (unpaired) electrons. The first kappa shape index (κ1) is 10.4. The van der Waals surface area contributed by atoms with E-state index in [2.05, 4.69) is 10.4 Å². The highest BCUT2D eigenvalue weighted by Crippen LogP contribution is 2.27. The molecule has 0 saturated carbocycles. The molecule has 0 saturated heterocycles. The van der Waals surface area contributed by atoms with Gasteiger partial charge in [0.1, 0.15) is 10.8 Å². The van der Waals surface area contributed by atoms with Crippen molar-refractivity contribution in [2.45, 2.75) is 24.8 Å². The quantitative estimate of drug-likeness (QED) is 0.797. The summed E-state index contributed by atoms with van der Waals surface area (Å²) in [5, 5.41) is 7.66. The SMILES string of the molecule is CCCc1nn(C)c2c1NC(=O)CS2=O. The van der Waals surface area contributed by atoms with Gasteiger partial charge in [-0.25, -0.2) is 0 Å². The van der Waals surface area contributed by atoms with Gasteiger partial charge in [0.15, 0.2) is 0 Å². The number of hydrogen-bond donors (Lipinski definition) is 1. The lowest BCUT2D eigenvalue weighted by atomic mass is 10.2. The topological polar surface area (TPSA) is 64.0 Å². The zero-order valence-corrected chi connectivity index (χ0v) is 9.56. The highest BCUT2D eigenvalue weighted by Gasteiger charge is 2.28. The van der Waals surface area contributed by atoms with Crippen LogP contribution in [0.5, 0.6) is 0 Å². The van der Waals surface area contributed by atoms with Gasteiger partial charge in [0.25, 0.3) is 0 Å². The maximum atomic E-state index is 11.7. The number of carbonyl (C=O) groups is 1. The number of aryl methyl sites for hydroxylation is 2. The number of nitrogens with zero attached hydrogens (tertiary/aromatic N) is 2. The molecule has 5 nitrogen and oxygen atoms in total. The Bertz CT molecular complexity index is 439. The Kier molecular flexibility index (Phi) is 2.60. The second kappa shape index (κ2) is 3.77. The first-order valence-electron chi connectivity index (χ1n) is 4.87. The molecular weight excluding hydrogens is 214 g/mol. The molecule has 1 aromatic heterocycles. The summed E-state index contributed by atoms with van der Waals surface area (Å²) in [4.78, 5) is 11.3. The number of amides is 1. The molecule has 2 rings (SSSR count). The summed E-state index contributed by atoms with van der Waals surface area (Å²) in [5.41, 5.74) is 1.49. The van der Waals surface area contributed by atoms with Gasteiger partial charge >= 0.3 is 0 Å². The second-order valence-corrected chi connectivity index (χ2v) is 4.90. The summed E-state index contributed by atoms with van der Waals surface area (Å²) >= 11 is 0. The van der Waals surface area contributed by atoms with Crippen LogP contribution in [0.25, 0.3) is 0 Å². The van der Waals surface area contributed by atoms with E-state index >= 15 is 0 Å². The Hall–Kier alpha value is -1.17. The van der Waals surface area contributed by atoms with Gasteiger partial charge in [-0.15, -0.1) is 0 Å². The van der Waals surface area contributed by atoms with Crippen molar-refractivity contribution in [2.24, 2.45) is 7.05 Å². The van der Waals surface area contributed by atoms with E-state index in [1.165, 1.54) is 0 Å². The molecule has 1 aliphatic rings. The van der Waals surface area contributed by atoms with Crippen molar-refractivity contribution in [3.05, 3.63) is 5.69 Å². The summed E-state index contributed by atoms with van der Waals surface area (Å²) in [6, 6.07) is 0. The lowest BCUT2D eigenvalue weighted by molar-refractivity contribution is -0.114. The van der Waals surface area contributed by atoms with E-state index in [0.717, 1.165) is 18.5 Å². The Labute approximate surface area is 90.3 Å². The smallest absolute Gasteiger partial charge is 0.237 e. The molecule has 1 amide bonds. The van der Waals surface area contributed by atoms with Crippen LogP contribution in [0.3, 0.4) is 0 Å². The Morgan fingerprint density at radius 2 is 2.33 bits per heavy atom. The van der Waals surface area contributed by atoms with Crippen molar-refractivity contribution in [1.82, 2.24) is 9.78 Å². The summed E-state index contributed by atoms with van der Waals surface area (Å²) in [6.45, 7) is 2.04. The standard InChI is InChI=1S/C9H13N3O2S/c1-3-4-6-8-9(12(2)11-6)15(14)5-7(13)10-8/h3-5H2,1-2H3,(H,10,13). The monoisotopic (exact) mass is 227 g/mol. The highest BCUT2D eigenvalue weighted by atomic mass is 32.2. The molecule has 1 N–H and O–H groups in total. The van der Waals surface area contributed by atoms with Crippen molar-refractivity contribution < 1.29 is 9.00 Å². The van der Waals surface area contributed by atoms with E-state index in [0.29, 0.717) is 10.7 Å². The van der Waals surface area contributed by atoms with Gasteiger partial charge < -0.3 is 5.32 Å². The minimum atomic E-state index is -1.25. The maximum Gasteiger partial charge on any atom is 0.237 e. The fraction of sp³-hybridized carbons (Fsp3) is 0.556. The van der Waals surface area contributed by atoms with Crippen LogP contribution in [0.15, 0.2) is 5.03 Å². The summed E-state index contributed by atoms with van der Waals surface area (Å²) < 4.78 is 13.3.